The Balaban J connectivity index is 3.03. The summed E-state index contributed by atoms with van der Waals surface area (Å²) in [6, 6.07) is 3.63. The van der Waals surface area contributed by atoms with Crippen LogP contribution in [0.15, 0.2) is 23.1 Å². The molecule has 1 rings (SSSR count). The molecule has 0 heterocycles. The molecule has 0 bridgehead atoms. The van der Waals surface area contributed by atoms with Gasteiger partial charge in [0.05, 0.1) is 4.90 Å². The van der Waals surface area contributed by atoms with E-state index in [1.807, 2.05) is 27.7 Å². The Morgan fingerprint density at radius 2 is 1.85 bits per heavy atom. The summed E-state index contributed by atoms with van der Waals surface area (Å²) < 4.78 is 26.7. The fraction of sp³-hybridized carbons (Fsp3) is 0.500. The maximum Gasteiger partial charge on any atom is 0.321 e. The number of hydrogen-bond donors (Lipinski definition) is 2. The lowest BCUT2D eigenvalue weighted by Gasteiger charge is -2.17. The van der Waals surface area contributed by atoms with E-state index in [2.05, 4.69) is 4.72 Å². The van der Waals surface area contributed by atoms with Crippen molar-refractivity contribution in [3.05, 3.63) is 29.3 Å². The number of carboxylic acid groups (broad SMARTS) is 1. The zero-order valence-corrected chi connectivity index (χ0v) is 13.0. The molecular weight excluding hydrogens is 278 g/mol. The van der Waals surface area contributed by atoms with Gasteiger partial charge >= 0.3 is 5.97 Å². The number of nitrogens with one attached hydrogen (secondary N) is 1. The summed E-state index contributed by atoms with van der Waals surface area (Å²) in [5.41, 5.74) is 1.84. The number of benzene rings is 1. The van der Waals surface area contributed by atoms with Gasteiger partial charge < -0.3 is 5.11 Å². The first-order valence-corrected chi connectivity index (χ1v) is 7.94. The second-order valence-corrected chi connectivity index (χ2v) is 7.10. The summed E-state index contributed by atoms with van der Waals surface area (Å²) in [5, 5.41) is 9.10. The van der Waals surface area contributed by atoms with Crippen molar-refractivity contribution in [2.45, 2.75) is 45.1 Å². The Bertz CT molecular complexity index is 593. The summed E-state index contributed by atoms with van der Waals surface area (Å²) in [5.74, 6) is -1.08. The van der Waals surface area contributed by atoms with Crippen molar-refractivity contribution in [3.63, 3.8) is 0 Å². The lowest BCUT2D eigenvalue weighted by Crippen LogP contribution is -2.41. The van der Waals surface area contributed by atoms with Crippen molar-refractivity contribution in [1.82, 2.24) is 4.72 Å². The van der Waals surface area contributed by atoms with Gasteiger partial charge in [0, 0.05) is 0 Å². The Kier molecular flexibility index (Phi) is 5.30. The Labute approximate surface area is 120 Å². The van der Waals surface area contributed by atoms with E-state index in [-0.39, 0.29) is 17.2 Å². The predicted octanol–water partition coefficient (Wildman–Crippen LogP) is 2.08. The largest absolute Gasteiger partial charge is 0.480 e. The molecule has 0 aliphatic heterocycles. The van der Waals surface area contributed by atoms with Crippen molar-refractivity contribution in [3.8, 4) is 0 Å². The molecule has 0 saturated heterocycles. The van der Waals surface area contributed by atoms with Gasteiger partial charge in [0.25, 0.3) is 0 Å². The average Bonchev–Trinajstić information content (AvgIpc) is 2.30. The van der Waals surface area contributed by atoms with Crippen molar-refractivity contribution in [2.75, 3.05) is 0 Å². The minimum Gasteiger partial charge on any atom is -0.480 e. The number of carboxylic acids is 1. The summed E-state index contributed by atoms with van der Waals surface area (Å²) in [6.07, 6.45) is 0.249. The molecule has 0 amide bonds. The highest BCUT2D eigenvalue weighted by Crippen LogP contribution is 2.16. The molecule has 5 nitrogen and oxygen atoms in total. The van der Waals surface area contributed by atoms with Crippen LogP contribution in [-0.4, -0.2) is 25.5 Å². The topological polar surface area (TPSA) is 83.5 Å². The summed E-state index contributed by atoms with van der Waals surface area (Å²) in [7, 11) is -3.82. The van der Waals surface area contributed by atoms with E-state index in [9.17, 15) is 13.2 Å². The van der Waals surface area contributed by atoms with Gasteiger partial charge in [-0.1, -0.05) is 19.9 Å². The number of carbonyl (C=O) groups is 1. The molecule has 0 aliphatic rings. The number of hydrogen-bond acceptors (Lipinski definition) is 3. The summed E-state index contributed by atoms with van der Waals surface area (Å²) >= 11 is 0. The molecule has 20 heavy (non-hydrogen) atoms. The summed E-state index contributed by atoms with van der Waals surface area (Å²) in [6.45, 7) is 7.40. The highest BCUT2D eigenvalue weighted by atomic mass is 32.2. The molecule has 1 aromatic carbocycles. The molecule has 0 saturated carbocycles. The minimum absolute atomic E-state index is 0.0820. The normalized spacial score (nSPS) is 13.4. The molecule has 1 aromatic rings. The summed E-state index contributed by atoms with van der Waals surface area (Å²) in [4.78, 5) is 11.2. The molecule has 0 unspecified atom stereocenters. The van der Waals surface area contributed by atoms with E-state index < -0.39 is 22.0 Å². The number of rotatable bonds is 6. The van der Waals surface area contributed by atoms with Crippen LogP contribution in [0.25, 0.3) is 0 Å². The van der Waals surface area contributed by atoms with Crippen molar-refractivity contribution < 1.29 is 18.3 Å². The van der Waals surface area contributed by atoms with E-state index >= 15 is 0 Å². The van der Waals surface area contributed by atoms with Gasteiger partial charge in [-0.3, -0.25) is 4.79 Å². The van der Waals surface area contributed by atoms with E-state index in [1.165, 1.54) is 6.07 Å². The van der Waals surface area contributed by atoms with Gasteiger partial charge in [-0.2, -0.15) is 4.72 Å². The van der Waals surface area contributed by atoms with E-state index in [0.717, 1.165) is 11.1 Å². The molecule has 2 N–H and O–H groups in total. The number of sulfonamides is 1. The lowest BCUT2D eigenvalue weighted by molar-refractivity contribution is -0.139. The van der Waals surface area contributed by atoms with Crippen molar-refractivity contribution in [1.29, 1.82) is 0 Å². The maximum absolute atomic E-state index is 12.2. The Hall–Kier alpha value is -1.40. The SMILES string of the molecule is Cc1ccc(S(=O)(=O)N[C@H](CC(C)C)C(=O)O)cc1C. The molecule has 6 heteroatoms. The number of aryl methyl sites for hydroxylation is 2. The molecule has 112 valence electrons. The predicted molar refractivity (Wildman–Crippen MR) is 77.1 cm³/mol. The van der Waals surface area contributed by atoms with Gasteiger partial charge in [-0.15, -0.1) is 0 Å². The third-order valence-electron chi connectivity index (χ3n) is 3.09. The number of aliphatic carboxylic acids is 1. The third-order valence-corrected chi connectivity index (χ3v) is 4.56. The van der Waals surface area contributed by atoms with Gasteiger partial charge in [0.2, 0.25) is 10.0 Å². The van der Waals surface area contributed by atoms with Gasteiger partial charge in [0.15, 0.2) is 0 Å². The van der Waals surface area contributed by atoms with Crippen LogP contribution in [0.5, 0.6) is 0 Å². The quantitative estimate of drug-likeness (QED) is 0.842. The van der Waals surface area contributed by atoms with Crippen LogP contribution in [0.3, 0.4) is 0 Å². The molecule has 0 fully saturated rings. The molecule has 0 radical (unpaired) electrons. The van der Waals surface area contributed by atoms with Crippen LogP contribution in [0.2, 0.25) is 0 Å². The standard InChI is InChI=1S/C14H21NO4S/c1-9(2)7-13(14(16)17)15-20(18,19)12-6-5-10(3)11(4)8-12/h5-6,8-9,13,15H,7H2,1-4H3,(H,16,17)/t13-/m1/s1. The third kappa shape index (κ3) is 4.31. The van der Waals surface area contributed by atoms with Crippen LogP contribution in [0.1, 0.15) is 31.4 Å². The zero-order valence-electron chi connectivity index (χ0n) is 12.2. The molecule has 0 aromatic heterocycles. The highest BCUT2D eigenvalue weighted by molar-refractivity contribution is 7.89. The highest BCUT2D eigenvalue weighted by Gasteiger charge is 2.26. The van der Waals surface area contributed by atoms with Crippen LogP contribution in [-0.2, 0) is 14.8 Å². The van der Waals surface area contributed by atoms with E-state index in [4.69, 9.17) is 5.11 Å². The molecule has 0 aliphatic carbocycles. The fourth-order valence-corrected chi connectivity index (χ4v) is 3.09. The van der Waals surface area contributed by atoms with Gasteiger partial charge in [-0.25, -0.2) is 8.42 Å². The smallest absolute Gasteiger partial charge is 0.321 e. The second-order valence-electron chi connectivity index (χ2n) is 5.39. The first-order valence-electron chi connectivity index (χ1n) is 6.46. The molecular formula is C14H21NO4S. The van der Waals surface area contributed by atoms with Gasteiger partial charge in [-0.05, 0) is 49.4 Å². The Morgan fingerprint density at radius 3 is 2.30 bits per heavy atom. The molecule has 0 spiro atoms. The van der Waals surface area contributed by atoms with Crippen LogP contribution < -0.4 is 4.72 Å². The van der Waals surface area contributed by atoms with Crippen LogP contribution in [0, 0.1) is 19.8 Å². The first kappa shape index (κ1) is 16.7. The van der Waals surface area contributed by atoms with Crippen LogP contribution in [0.4, 0.5) is 0 Å². The van der Waals surface area contributed by atoms with Crippen molar-refractivity contribution >= 4 is 16.0 Å². The second kappa shape index (κ2) is 6.37. The zero-order chi connectivity index (χ0) is 15.5. The van der Waals surface area contributed by atoms with Crippen molar-refractivity contribution in [2.24, 2.45) is 5.92 Å². The lowest BCUT2D eigenvalue weighted by atomic mass is 10.1. The van der Waals surface area contributed by atoms with Crippen LogP contribution >= 0.6 is 0 Å². The average molecular weight is 299 g/mol. The van der Waals surface area contributed by atoms with Gasteiger partial charge in [0.1, 0.15) is 6.04 Å². The maximum atomic E-state index is 12.2. The monoisotopic (exact) mass is 299 g/mol. The van der Waals surface area contributed by atoms with E-state index in [0.29, 0.717) is 0 Å². The Morgan fingerprint density at radius 1 is 1.25 bits per heavy atom. The minimum atomic E-state index is -3.82. The first-order chi connectivity index (χ1) is 9.13. The fourth-order valence-electron chi connectivity index (χ4n) is 1.81. The van der Waals surface area contributed by atoms with E-state index in [1.54, 1.807) is 12.1 Å². The molecule has 1 atom stereocenters.